The summed E-state index contributed by atoms with van der Waals surface area (Å²) >= 11 is 0. The average molecular weight is 370 g/mol. The Balaban J connectivity index is 1.53. The number of para-hydroxylation sites is 1. The number of carbonyl (C=O) groups excluding carboxylic acids is 1. The van der Waals surface area contributed by atoms with E-state index in [9.17, 15) is 18.0 Å². The minimum absolute atomic E-state index is 0.0956. The van der Waals surface area contributed by atoms with Crippen molar-refractivity contribution in [1.82, 2.24) is 9.97 Å². The van der Waals surface area contributed by atoms with Crippen molar-refractivity contribution in [2.75, 3.05) is 16.8 Å². The summed E-state index contributed by atoms with van der Waals surface area (Å²) in [5, 5.41) is 2.51. The zero-order chi connectivity index (χ0) is 19.0. The fourth-order valence-corrected chi connectivity index (χ4v) is 2.95. The number of aromatic nitrogens is 2. The third-order valence-corrected chi connectivity index (χ3v) is 4.30. The number of hydrogen-bond acceptors (Lipinski definition) is 4. The highest BCUT2D eigenvalue weighted by atomic mass is 19.2. The summed E-state index contributed by atoms with van der Waals surface area (Å²) in [5.41, 5.74) is 1.78. The smallest absolute Gasteiger partial charge is 0.278 e. The van der Waals surface area contributed by atoms with E-state index >= 15 is 0 Å². The summed E-state index contributed by atoms with van der Waals surface area (Å²) in [5.74, 6) is -4.41. The number of carbonyl (C=O) groups is 1. The van der Waals surface area contributed by atoms with Crippen LogP contribution >= 0.6 is 0 Å². The maximum absolute atomic E-state index is 13.7. The lowest BCUT2D eigenvalue weighted by Crippen LogP contribution is -2.29. The van der Waals surface area contributed by atoms with Crippen LogP contribution in [0.2, 0.25) is 0 Å². The maximum Gasteiger partial charge on any atom is 0.278 e. The van der Waals surface area contributed by atoms with Crippen molar-refractivity contribution in [2.45, 2.75) is 6.42 Å². The SMILES string of the molecule is O=C(c1cnc(Nc2ccc(F)c(F)c2F)cn1)N1CCc2ccccc21. The monoisotopic (exact) mass is 370 g/mol. The normalized spacial score (nSPS) is 12.8. The van der Waals surface area contributed by atoms with Gasteiger partial charge in [-0.25, -0.2) is 23.1 Å². The molecule has 3 aromatic rings. The van der Waals surface area contributed by atoms with E-state index < -0.39 is 17.5 Å². The summed E-state index contributed by atoms with van der Waals surface area (Å²) < 4.78 is 40.0. The van der Waals surface area contributed by atoms with Crippen LogP contribution in [-0.2, 0) is 6.42 Å². The molecule has 136 valence electrons. The molecule has 8 heteroatoms. The van der Waals surface area contributed by atoms with Crippen LogP contribution in [0.4, 0.5) is 30.4 Å². The number of nitrogens with zero attached hydrogens (tertiary/aromatic N) is 3. The van der Waals surface area contributed by atoms with Crippen LogP contribution in [0.5, 0.6) is 0 Å². The first-order valence-corrected chi connectivity index (χ1v) is 8.17. The Morgan fingerprint density at radius 3 is 2.59 bits per heavy atom. The van der Waals surface area contributed by atoms with Crippen LogP contribution in [0.25, 0.3) is 0 Å². The van der Waals surface area contributed by atoms with Crippen LogP contribution in [0.3, 0.4) is 0 Å². The van der Waals surface area contributed by atoms with E-state index in [0.29, 0.717) is 6.54 Å². The summed E-state index contributed by atoms with van der Waals surface area (Å²) in [6, 6.07) is 9.48. The Hall–Kier alpha value is -3.42. The van der Waals surface area contributed by atoms with Gasteiger partial charge in [0.25, 0.3) is 5.91 Å². The fourth-order valence-electron chi connectivity index (χ4n) is 2.95. The highest BCUT2D eigenvalue weighted by molar-refractivity contribution is 6.05. The minimum Gasteiger partial charge on any atom is -0.336 e. The molecule has 0 aliphatic carbocycles. The van der Waals surface area contributed by atoms with E-state index in [1.807, 2.05) is 24.3 Å². The number of halogens is 3. The standard InChI is InChI=1S/C19H13F3N4O/c20-12-5-6-13(18(22)17(12)21)25-16-10-23-14(9-24-16)19(27)26-8-7-11-3-1-2-4-15(11)26/h1-6,9-10H,7-8H2,(H,24,25). The van der Waals surface area contributed by atoms with Gasteiger partial charge in [0.2, 0.25) is 0 Å². The van der Waals surface area contributed by atoms with Gasteiger partial charge >= 0.3 is 0 Å². The number of nitrogens with one attached hydrogen (secondary N) is 1. The first-order chi connectivity index (χ1) is 13.0. The molecule has 2 aromatic carbocycles. The molecule has 0 bridgehead atoms. The molecular formula is C19H13F3N4O. The molecule has 1 aromatic heterocycles. The van der Waals surface area contributed by atoms with Crippen molar-refractivity contribution in [1.29, 1.82) is 0 Å². The van der Waals surface area contributed by atoms with E-state index in [1.54, 1.807) is 4.90 Å². The second-order valence-corrected chi connectivity index (χ2v) is 5.97. The predicted octanol–water partition coefficient (Wildman–Crippen LogP) is 3.84. The number of hydrogen-bond donors (Lipinski definition) is 1. The fraction of sp³-hybridized carbons (Fsp3) is 0.105. The number of fused-ring (bicyclic) bond motifs is 1. The van der Waals surface area contributed by atoms with Crippen molar-refractivity contribution in [3.8, 4) is 0 Å². The minimum atomic E-state index is -1.58. The van der Waals surface area contributed by atoms with Gasteiger partial charge in [0.15, 0.2) is 17.5 Å². The molecule has 0 atom stereocenters. The van der Waals surface area contributed by atoms with Crippen LogP contribution in [0.1, 0.15) is 16.1 Å². The highest BCUT2D eigenvalue weighted by Crippen LogP contribution is 2.28. The van der Waals surface area contributed by atoms with Crippen molar-refractivity contribution in [2.24, 2.45) is 0 Å². The van der Waals surface area contributed by atoms with Gasteiger partial charge in [-0.3, -0.25) is 4.79 Å². The number of benzene rings is 2. The van der Waals surface area contributed by atoms with E-state index in [4.69, 9.17) is 0 Å². The van der Waals surface area contributed by atoms with Gasteiger partial charge in [0, 0.05) is 12.2 Å². The van der Waals surface area contributed by atoms with E-state index in [1.165, 1.54) is 12.4 Å². The molecule has 0 saturated carbocycles. The third-order valence-electron chi connectivity index (χ3n) is 4.30. The van der Waals surface area contributed by atoms with Gasteiger partial charge in [0.1, 0.15) is 11.5 Å². The first-order valence-electron chi connectivity index (χ1n) is 8.17. The number of anilines is 3. The third kappa shape index (κ3) is 3.10. The molecule has 1 N–H and O–H groups in total. The Morgan fingerprint density at radius 2 is 1.81 bits per heavy atom. The highest BCUT2D eigenvalue weighted by Gasteiger charge is 2.26. The van der Waals surface area contributed by atoms with E-state index in [0.717, 1.165) is 29.8 Å². The lowest BCUT2D eigenvalue weighted by molar-refractivity contribution is 0.0984. The van der Waals surface area contributed by atoms with E-state index in [2.05, 4.69) is 15.3 Å². The molecule has 27 heavy (non-hydrogen) atoms. The molecule has 4 rings (SSSR count). The Bertz CT molecular complexity index is 1020. The van der Waals surface area contributed by atoms with Gasteiger partial charge in [-0.1, -0.05) is 18.2 Å². The van der Waals surface area contributed by atoms with Crippen LogP contribution in [-0.4, -0.2) is 22.4 Å². The van der Waals surface area contributed by atoms with Gasteiger partial charge in [0.05, 0.1) is 18.1 Å². The second-order valence-electron chi connectivity index (χ2n) is 5.97. The second kappa shape index (κ2) is 6.71. The molecule has 0 radical (unpaired) electrons. The van der Waals surface area contributed by atoms with Gasteiger partial charge in [-0.05, 0) is 30.2 Å². The summed E-state index contributed by atoms with van der Waals surface area (Å²) in [4.78, 5) is 22.4. The topological polar surface area (TPSA) is 58.1 Å². The van der Waals surface area contributed by atoms with Crippen molar-refractivity contribution >= 4 is 23.1 Å². The largest absolute Gasteiger partial charge is 0.336 e. The van der Waals surface area contributed by atoms with Crippen LogP contribution in [0, 0.1) is 17.5 Å². The molecule has 2 heterocycles. The lowest BCUT2D eigenvalue weighted by Gasteiger charge is -2.16. The van der Waals surface area contributed by atoms with Crippen molar-refractivity contribution in [3.05, 3.63) is 77.5 Å². The van der Waals surface area contributed by atoms with Crippen molar-refractivity contribution < 1.29 is 18.0 Å². The molecule has 0 spiro atoms. The Kier molecular flexibility index (Phi) is 4.23. The molecule has 5 nitrogen and oxygen atoms in total. The average Bonchev–Trinajstić information content (AvgIpc) is 3.12. The summed E-state index contributed by atoms with van der Waals surface area (Å²) in [6.45, 7) is 0.555. The molecule has 1 aliphatic heterocycles. The van der Waals surface area contributed by atoms with E-state index in [-0.39, 0.29) is 23.1 Å². The van der Waals surface area contributed by atoms with Crippen LogP contribution in [0.15, 0.2) is 48.8 Å². The molecule has 0 saturated heterocycles. The van der Waals surface area contributed by atoms with Crippen molar-refractivity contribution in [3.63, 3.8) is 0 Å². The van der Waals surface area contributed by atoms with Crippen LogP contribution < -0.4 is 10.2 Å². The zero-order valence-electron chi connectivity index (χ0n) is 13.9. The Labute approximate surface area is 152 Å². The number of amides is 1. The predicted molar refractivity (Wildman–Crippen MR) is 93.5 cm³/mol. The molecular weight excluding hydrogens is 357 g/mol. The lowest BCUT2D eigenvalue weighted by atomic mass is 10.2. The number of rotatable bonds is 3. The quantitative estimate of drug-likeness (QED) is 0.712. The van der Waals surface area contributed by atoms with Gasteiger partial charge < -0.3 is 10.2 Å². The van der Waals surface area contributed by atoms with Gasteiger partial charge in [-0.2, -0.15) is 0 Å². The summed E-state index contributed by atoms with van der Waals surface area (Å²) in [7, 11) is 0. The zero-order valence-corrected chi connectivity index (χ0v) is 13.9. The summed E-state index contributed by atoms with van der Waals surface area (Å²) in [6.07, 6.45) is 3.25. The first kappa shape index (κ1) is 17.0. The maximum atomic E-state index is 13.7. The Morgan fingerprint density at radius 1 is 1.00 bits per heavy atom. The molecule has 1 aliphatic rings. The molecule has 0 fully saturated rings. The molecule has 1 amide bonds. The molecule has 0 unspecified atom stereocenters. The van der Waals surface area contributed by atoms with Gasteiger partial charge in [-0.15, -0.1) is 0 Å².